The van der Waals surface area contributed by atoms with Gasteiger partial charge in [0.1, 0.15) is 17.2 Å². The van der Waals surface area contributed by atoms with Crippen LogP contribution in [0, 0.1) is 0 Å². The fourth-order valence-electron chi connectivity index (χ4n) is 4.36. The van der Waals surface area contributed by atoms with Crippen LogP contribution >= 0.6 is 0 Å². The number of hydrogen-bond acceptors (Lipinski definition) is 5. The van der Waals surface area contributed by atoms with Crippen molar-refractivity contribution in [3.8, 4) is 11.5 Å². The number of fused-ring (bicyclic) bond motifs is 1. The van der Waals surface area contributed by atoms with Crippen LogP contribution < -0.4 is 19.3 Å². The van der Waals surface area contributed by atoms with E-state index in [1.165, 1.54) is 19.1 Å². The first kappa shape index (κ1) is 19.9. The highest BCUT2D eigenvalue weighted by atomic mass is 16.5. The number of hydrogen-bond donors (Lipinski definition) is 0. The van der Waals surface area contributed by atoms with Crippen molar-refractivity contribution in [1.82, 2.24) is 0 Å². The van der Waals surface area contributed by atoms with Gasteiger partial charge < -0.3 is 14.4 Å². The van der Waals surface area contributed by atoms with Gasteiger partial charge in [-0.1, -0.05) is 48.5 Å². The summed E-state index contributed by atoms with van der Waals surface area (Å²) in [7, 11) is 3.07. The average Bonchev–Trinajstić information content (AvgIpc) is 3.36. The molecule has 2 aliphatic rings. The van der Waals surface area contributed by atoms with E-state index >= 15 is 0 Å². The standard InChI is InChI=1S/C26H22N2O4/c1-31-20-14-19(15-21(16-20)32-2)28-25(29)23(18-9-4-3-5-10-18)24(26(28)30)27-13-12-17-8-6-7-11-22(17)27/h3-11,14-16H,12-13H2,1-2H3. The summed E-state index contributed by atoms with van der Waals surface area (Å²) in [6.07, 6.45) is 0.816. The Balaban J connectivity index is 1.67. The summed E-state index contributed by atoms with van der Waals surface area (Å²) in [4.78, 5) is 30.7. The van der Waals surface area contributed by atoms with Crippen LogP contribution in [0.3, 0.4) is 0 Å². The van der Waals surface area contributed by atoms with E-state index in [9.17, 15) is 9.59 Å². The zero-order valence-corrected chi connectivity index (χ0v) is 17.9. The van der Waals surface area contributed by atoms with Gasteiger partial charge in [-0.2, -0.15) is 0 Å². The molecule has 2 aliphatic heterocycles. The van der Waals surface area contributed by atoms with Crippen LogP contribution in [0.25, 0.3) is 5.57 Å². The number of carbonyl (C=O) groups is 2. The van der Waals surface area contributed by atoms with E-state index in [0.29, 0.717) is 40.6 Å². The maximum atomic E-state index is 13.8. The lowest BCUT2D eigenvalue weighted by molar-refractivity contribution is -0.120. The quantitative estimate of drug-likeness (QED) is 0.576. The van der Waals surface area contributed by atoms with Gasteiger partial charge >= 0.3 is 0 Å². The van der Waals surface area contributed by atoms with E-state index in [0.717, 1.165) is 17.7 Å². The highest BCUT2D eigenvalue weighted by molar-refractivity contribution is 6.46. The van der Waals surface area contributed by atoms with Gasteiger partial charge in [-0.25, -0.2) is 4.90 Å². The molecule has 0 aromatic heterocycles. The molecular weight excluding hydrogens is 404 g/mol. The molecule has 3 aromatic carbocycles. The molecule has 6 heteroatoms. The van der Waals surface area contributed by atoms with Crippen molar-refractivity contribution in [3.63, 3.8) is 0 Å². The lowest BCUT2D eigenvalue weighted by Crippen LogP contribution is -2.34. The number of rotatable bonds is 5. The number of amides is 2. The van der Waals surface area contributed by atoms with Gasteiger partial charge in [0.05, 0.1) is 25.5 Å². The zero-order valence-electron chi connectivity index (χ0n) is 17.9. The Labute approximate surface area is 186 Å². The molecule has 0 atom stereocenters. The van der Waals surface area contributed by atoms with E-state index in [1.807, 2.05) is 53.4 Å². The van der Waals surface area contributed by atoms with Gasteiger partial charge in [-0.05, 0) is 23.6 Å². The third kappa shape index (κ3) is 3.12. The summed E-state index contributed by atoms with van der Waals surface area (Å²) in [6.45, 7) is 0.638. The zero-order chi connectivity index (χ0) is 22.2. The number of para-hydroxylation sites is 1. The molecule has 0 saturated heterocycles. The molecule has 0 radical (unpaired) electrons. The van der Waals surface area contributed by atoms with Gasteiger partial charge in [0, 0.05) is 30.4 Å². The maximum Gasteiger partial charge on any atom is 0.282 e. The van der Waals surface area contributed by atoms with Crippen LogP contribution in [-0.4, -0.2) is 32.6 Å². The third-order valence-corrected chi connectivity index (χ3v) is 5.87. The first-order chi connectivity index (χ1) is 15.6. The van der Waals surface area contributed by atoms with Gasteiger partial charge in [-0.3, -0.25) is 9.59 Å². The second-order valence-electron chi connectivity index (χ2n) is 7.64. The molecule has 3 aromatic rings. The van der Waals surface area contributed by atoms with Crippen molar-refractivity contribution in [2.45, 2.75) is 6.42 Å². The Morgan fingerprint density at radius 3 is 2.12 bits per heavy atom. The minimum Gasteiger partial charge on any atom is -0.497 e. The summed E-state index contributed by atoms with van der Waals surface area (Å²) in [5.74, 6) is 0.277. The minimum atomic E-state index is -0.365. The molecule has 0 bridgehead atoms. The summed E-state index contributed by atoms with van der Waals surface area (Å²) in [6, 6.07) is 22.4. The summed E-state index contributed by atoms with van der Waals surface area (Å²) in [5.41, 5.74) is 4.04. The Morgan fingerprint density at radius 2 is 1.44 bits per heavy atom. The van der Waals surface area contributed by atoms with E-state index in [-0.39, 0.29) is 11.8 Å². The van der Waals surface area contributed by atoms with Gasteiger partial charge in [0.2, 0.25) is 0 Å². The maximum absolute atomic E-state index is 13.8. The second kappa shape index (κ2) is 7.89. The number of methoxy groups -OCH3 is 2. The van der Waals surface area contributed by atoms with E-state index < -0.39 is 0 Å². The van der Waals surface area contributed by atoms with Crippen molar-refractivity contribution in [2.75, 3.05) is 30.6 Å². The molecule has 0 unspecified atom stereocenters. The monoisotopic (exact) mass is 426 g/mol. The van der Waals surface area contributed by atoms with Crippen LogP contribution in [0.4, 0.5) is 11.4 Å². The Bertz CT molecular complexity index is 1230. The molecule has 0 aliphatic carbocycles. The topological polar surface area (TPSA) is 59.1 Å². The van der Waals surface area contributed by atoms with Crippen molar-refractivity contribution < 1.29 is 19.1 Å². The molecule has 5 rings (SSSR count). The normalized spacial score (nSPS) is 15.4. The summed E-state index contributed by atoms with van der Waals surface area (Å²) >= 11 is 0. The molecule has 32 heavy (non-hydrogen) atoms. The molecule has 2 amide bonds. The van der Waals surface area contributed by atoms with Gasteiger partial charge in [-0.15, -0.1) is 0 Å². The van der Waals surface area contributed by atoms with Crippen LogP contribution in [0.5, 0.6) is 11.5 Å². The summed E-state index contributed by atoms with van der Waals surface area (Å²) < 4.78 is 10.7. The lowest BCUT2D eigenvalue weighted by Gasteiger charge is -2.22. The van der Waals surface area contributed by atoms with Crippen molar-refractivity contribution >= 4 is 28.8 Å². The minimum absolute atomic E-state index is 0.360. The highest BCUT2D eigenvalue weighted by Gasteiger charge is 2.44. The van der Waals surface area contributed by atoms with Crippen molar-refractivity contribution in [3.05, 3.63) is 89.6 Å². The van der Waals surface area contributed by atoms with Crippen LogP contribution in [0.2, 0.25) is 0 Å². The van der Waals surface area contributed by atoms with Crippen molar-refractivity contribution in [2.24, 2.45) is 0 Å². The van der Waals surface area contributed by atoms with Crippen LogP contribution in [-0.2, 0) is 16.0 Å². The van der Waals surface area contributed by atoms with Crippen LogP contribution in [0.15, 0.2) is 78.5 Å². The molecule has 0 fully saturated rings. The van der Waals surface area contributed by atoms with Crippen LogP contribution in [0.1, 0.15) is 11.1 Å². The number of ether oxygens (including phenoxy) is 2. The van der Waals surface area contributed by atoms with E-state index in [1.54, 1.807) is 18.2 Å². The summed E-state index contributed by atoms with van der Waals surface area (Å²) in [5, 5.41) is 0. The fraction of sp³-hybridized carbons (Fsp3) is 0.154. The fourth-order valence-corrected chi connectivity index (χ4v) is 4.36. The lowest BCUT2D eigenvalue weighted by atomic mass is 10.0. The second-order valence-corrected chi connectivity index (χ2v) is 7.64. The largest absolute Gasteiger partial charge is 0.497 e. The molecule has 6 nitrogen and oxygen atoms in total. The Kier molecular flexibility index (Phi) is 4.90. The molecular formula is C26H22N2O4. The third-order valence-electron chi connectivity index (χ3n) is 5.87. The number of anilines is 2. The Morgan fingerprint density at radius 1 is 0.781 bits per heavy atom. The average molecular weight is 426 g/mol. The number of nitrogens with zero attached hydrogens (tertiary/aromatic N) is 2. The van der Waals surface area contributed by atoms with Gasteiger partial charge in [0.25, 0.3) is 11.8 Å². The van der Waals surface area contributed by atoms with E-state index in [4.69, 9.17) is 9.47 Å². The molecule has 0 N–H and O–H groups in total. The van der Waals surface area contributed by atoms with Crippen molar-refractivity contribution in [1.29, 1.82) is 0 Å². The number of benzene rings is 3. The first-order valence-electron chi connectivity index (χ1n) is 10.4. The molecule has 2 heterocycles. The number of carbonyl (C=O) groups excluding carboxylic acids is 2. The Hall–Kier alpha value is -4.06. The smallest absolute Gasteiger partial charge is 0.282 e. The molecule has 160 valence electrons. The SMILES string of the molecule is COc1cc(OC)cc(N2C(=O)C(c3ccccc3)=C(N3CCc4ccccc43)C2=O)c1. The van der Waals surface area contributed by atoms with E-state index in [2.05, 4.69) is 6.07 Å². The number of imide groups is 1. The predicted molar refractivity (Wildman–Crippen MR) is 123 cm³/mol. The predicted octanol–water partition coefficient (Wildman–Crippen LogP) is 4.05. The highest BCUT2D eigenvalue weighted by Crippen LogP contribution is 2.41. The van der Waals surface area contributed by atoms with Gasteiger partial charge in [0.15, 0.2) is 0 Å². The molecule has 0 saturated carbocycles. The molecule has 0 spiro atoms. The first-order valence-corrected chi connectivity index (χ1v) is 10.4.